The van der Waals surface area contributed by atoms with E-state index in [1.54, 1.807) is 0 Å². The molecule has 0 fully saturated rings. The van der Waals surface area contributed by atoms with Gasteiger partial charge in [-0.1, -0.05) is 165 Å². The van der Waals surface area contributed by atoms with Gasteiger partial charge in [-0.25, -0.2) is 0 Å². The fraction of sp³-hybridized carbons (Fsp3) is 0.0800. The van der Waals surface area contributed by atoms with Gasteiger partial charge in [0.15, 0.2) is 0 Å². The van der Waals surface area contributed by atoms with Crippen molar-refractivity contribution in [3.8, 4) is 22.3 Å². The van der Waals surface area contributed by atoms with Crippen molar-refractivity contribution in [2.24, 2.45) is 0 Å². The minimum absolute atomic E-state index is 0.101. The lowest BCUT2D eigenvalue weighted by Crippen LogP contribution is -2.33. The molecule has 0 atom stereocenters. The number of benzene rings is 8. The number of nitrogens with zero attached hydrogens (tertiary/aromatic N) is 1. The smallest absolute Gasteiger partial charge is 0.0742 e. The highest BCUT2D eigenvalue weighted by Gasteiger charge is 2.51. The van der Waals surface area contributed by atoms with Crippen molar-refractivity contribution in [2.45, 2.75) is 34.5 Å². The summed E-state index contributed by atoms with van der Waals surface area (Å²) in [5.74, 6) is 0. The first-order valence-corrected chi connectivity index (χ1v) is 19.0. The molecule has 0 radical (unpaired) electrons. The van der Waals surface area contributed by atoms with Crippen molar-refractivity contribution in [3.05, 3.63) is 209 Å². The average molecular weight is 682 g/mol. The van der Waals surface area contributed by atoms with Gasteiger partial charge >= 0.3 is 0 Å². The molecule has 52 heavy (non-hydrogen) atoms. The Morgan fingerprint density at radius 1 is 0.442 bits per heavy atom. The molecule has 0 aromatic heterocycles. The Hall–Kier alpha value is -5.83. The van der Waals surface area contributed by atoms with Crippen LogP contribution in [0.15, 0.2) is 186 Å². The van der Waals surface area contributed by atoms with Gasteiger partial charge < -0.3 is 4.90 Å². The highest BCUT2D eigenvalue weighted by atomic mass is 32.2. The largest absolute Gasteiger partial charge is 0.309 e. The zero-order chi connectivity index (χ0) is 34.6. The molecule has 0 saturated carbocycles. The van der Waals surface area contributed by atoms with E-state index in [1.807, 2.05) is 11.8 Å². The molecule has 1 heterocycles. The molecule has 1 spiro atoms. The Morgan fingerprint density at radius 2 is 1.04 bits per heavy atom. The molecule has 8 aromatic rings. The summed E-state index contributed by atoms with van der Waals surface area (Å²) in [7, 11) is 0. The fourth-order valence-corrected chi connectivity index (χ4v) is 11.0. The molecule has 2 heteroatoms. The summed E-state index contributed by atoms with van der Waals surface area (Å²) in [6.45, 7) is 4.74. The third-order valence-corrected chi connectivity index (χ3v) is 13.1. The number of rotatable bonds is 3. The highest BCUT2D eigenvalue weighted by molar-refractivity contribution is 7.99. The van der Waals surface area contributed by atoms with Crippen LogP contribution in [0, 0.1) is 0 Å². The fourth-order valence-electron chi connectivity index (χ4n) is 9.70. The lowest BCUT2D eigenvalue weighted by atomic mass is 9.66. The lowest BCUT2D eigenvalue weighted by Gasteiger charge is -2.42. The van der Waals surface area contributed by atoms with Gasteiger partial charge in [0.05, 0.1) is 11.1 Å². The number of fused-ring (bicyclic) bond motifs is 14. The topological polar surface area (TPSA) is 3.24 Å². The van der Waals surface area contributed by atoms with Crippen LogP contribution in [0.4, 0.5) is 17.1 Å². The summed E-state index contributed by atoms with van der Waals surface area (Å²) in [6.07, 6.45) is 0. The van der Waals surface area contributed by atoms with Gasteiger partial charge in [0.25, 0.3) is 0 Å². The third kappa shape index (κ3) is 3.85. The Bertz CT molecular complexity index is 2710. The van der Waals surface area contributed by atoms with Gasteiger partial charge in [-0.2, -0.15) is 0 Å². The third-order valence-electron chi connectivity index (χ3n) is 11.9. The summed E-state index contributed by atoms with van der Waals surface area (Å²) >= 11 is 1.93. The Balaban J connectivity index is 1.22. The van der Waals surface area contributed by atoms with Gasteiger partial charge in [0.1, 0.15) is 0 Å². The molecule has 11 rings (SSSR count). The van der Waals surface area contributed by atoms with E-state index in [-0.39, 0.29) is 5.41 Å². The standard InChI is InChI=1S/C50H35NS/c1-49(2)40-22-11-8-19-36(40)39-29-28-34(31-44(39)49)51(33-16-4-3-5-17-33)45-26-14-25-43-48(45)52-46-30-27-32-15-6-7-18-35(32)47(46)50(43)41-23-12-9-20-37(41)38-21-10-13-24-42(38)50/h3-31H,1-2H3. The molecule has 0 unspecified atom stereocenters. The predicted octanol–water partition coefficient (Wildman–Crippen LogP) is 13.4. The van der Waals surface area contributed by atoms with Crippen LogP contribution in [-0.4, -0.2) is 0 Å². The summed E-state index contributed by atoms with van der Waals surface area (Å²) in [5, 5.41) is 2.59. The van der Waals surface area contributed by atoms with Crippen LogP contribution in [0.3, 0.4) is 0 Å². The molecule has 8 aromatic carbocycles. The minimum Gasteiger partial charge on any atom is -0.309 e. The molecule has 0 amide bonds. The van der Waals surface area contributed by atoms with Gasteiger partial charge in [0.2, 0.25) is 0 Å². The molecule has 2 aliphatic carbocycles. The van der Waals surface area contributed by atoms with Crippen LogP contribution in [0.1, 0.15) is 47.2 Å². The van der Waals surface area contributed by atoms with E-state index in [4.69, 9.17) is 0 Å². The Labute approximate surface area is 309 Å². The van der Waals surface area contributed by atoms with E-state index in [9.17, 15) is 0 Å². The Morgan fingerprint density at radius 3 is 1.79 bits per heavy atom. The van der Waals surface area contributed by atoms with Crippen molar-refractivity contribution in [1.29, 1.82) is 0 Å². The summed E-state index contributed by atoms with van der Waals surface area (Å²) < 4.78 is 0. The second kappa shape index (κ2) is 10.8. The van der Waals surface area contributed by atoms with E-state index in [2.05, 4.69) is 195 Å². The summed E-state index contributed by atoms with van der Waals surface area (Å²) in [4.78, 5) is 5.10. The van der Waals surface area contributed by atoms with Crippen LogP contribution in [-0.2, 0) is 10.8 Å². The number of para-hydroxylation sites is 1. The maximum Gasteiger partial charge on any atom is 0.0742 e. The van der Waals surface area contributed by atoms with Crippen LogP contribution >= 0.6 is 11.8 Å². The second-order valence-electron chi connectivity index (χ2n) is 14.8. The quantitative estimate of drug-likeness (QED) is 0.183. The van der Waals surface area contributed by atoms with Crippen LogP contribution in [0.2, 0.25) is 0 Å². The SMILES string of the molecule is CC1(C)c2ccccc2-c2ccc(N(c3ccccc3)c3cccc4c3Sc3ccc5ccccc5c3C43c4ccccc4-c4ccccc43)cc21. The van der Waals surface area contributed by atoms with Gasteiger partial charge in [0, 0.05) is 26.6 Å². The number of hydrogen-bond acceptors (Lipinski definition) is 2. The van der Waals surface area contributed by atoms with E-state index in [1.165, 1.54) is 87.6 Å². The van der Waals surface area contributed by atoms with Crippen LogP contribution in [0.25, 0.3) is 33.0 Å². The molecular weight excluding hydrogens is 647 g/mol. The maximum absolute atomic E-state index is 2.50. The van der Waals surface area contributed by atoms with Crippen molar-refractivity contribution < 1.29 is 0 Å². The van der Waals surface area contributed by atoms with Crippen LogP contribution in [0.5, 0.6) is 0 Å². The lowest BCUT2D eigenvalue weighted by molar-refractivity contribution is 0.660. The first kappa shape index (κ1) is 29.9. The Kier molecular flexibility index (Phi) is 6.22. The van der Waals surface area contributed by atoms with Crippen LogP contribution < -0.4 is 4.90 Å². The highest BCUT2D eigenvalue weighted by Crippen LogP contribution is 2.65. The van der Waals surface area contributed by atoms with Gasteiger partial charge in [-0.05, 0) is 103 Å². The zero-order valence-electron chi connectivity index (χ0n) is 29.1. The summed E-state index contributed by atoms with van der Waals surface area (Å²) in [6, 6.07) is 65.9. The predicted molar refractivity (Wildman–Crippen MR) is 218 cm³/mol. The monoisotopic (exact) mass is 681 g/mol. The second-order valence-corrected chi connectivity index (χ2v) is 15.9. The molecule has 0 N–H and O–H groups in total. The molecular formula is C50H35NS. The van der Waals surface area contributed by atoms with Crippen molar-refractivity contribution in [2.75, 3.05) is 4.90 Å². The molecule has 1 aliphatic heterocycles. The molecule has 0 saturated heterocycles. The molecule has 0 bridgehead atoms. The van der Waals surface area contributed by atoms with Gasteiger partial charge in [-0.15, -0.1) is 0 Å². The van der Waals surface area contributed by atoms with Crippen molar-refractivity contribution in [1.82, 2.24) is 0 Å². The van der Waals surface area contributed by atoms with E-state index in [0.717, 1.165) is 5.69 Å². The number of hydrogen-bond donors (Lipinski definition) is 0. The van der Waals surface area contributed by atoms with Gasteiger partial charge in [-0.3, -0.25) is 0 Å². The van der Waals surface area contributed by atoms with E-state index in [0.29, 0.717) is 0 Å². The summed E-state index contributed by atoms with van der Waals surface area (Å²) in [5.41, 5.74) is 16.5. The zero-order valence-corrected chi connectivity index (χ0v) is 29.9. The number of anilines is 3. The molecule has 1 nitrogen and oxygen atoms in total. The maximum atomic E-state index is 2.50. The average Bonchev–Trinajstić information content (AvgIpc) is 3.61. The van der Waals surface area contributed by atoms with Crippen molar-refractivity contribution in [3.63, 3.8) is 0 Å². The van der Waals surface area contributed by atoms with E-state index >= 15 is 0 Å². The molecule has 3 aliphatic rings. The first-order chi connectivity index (χ1) is 25.6. The molecule has 246 valence electrons. The normalized spacial score (nSPS) is 15.0. The first-order valence-electron chi connectivity index (χ1n) is 18.2. The van der Waals surface area contributed by atoms with E-state index < -0.39 is 5.41 Å². The minimum atomic E-state index is -0.482. The van der Waals surface area contributed by atoms with Crippen molar-refractivity contribution >= 4 is 39.6 Å².